The monoisotopic (exact) mass is 340 g/mol. The SMILES string of the molecule is C.C.CC(C)(C)CC(C)(C)c1ccc(OCCOCC(=O)O)cc1. The van der Waals surface area contributed by atoms with Gasteiger partial charge in [-0.1, -0.05) is 61.6 Å². The van der Waals surface area contributed by atoms with Crippen molar-refractivity contribution >= 4 is 5.97 Å². The van der Waals surface area contributed by atoms with Crippen LogP contribution in [0.2, 0.25) is 0 Å². The minimum absolute atomic E-state index is 0. The molecule has 4 nitrogen and oxygen atoms in total. The Kier molecular flexibility index (Phi) is 10.6. The number of benzene rings is 1. The van der Waals surface area contributed by atoms with Crippen molar-refractivity contribution in [3.63, 3.8) is 0 Å². The lowest BCUT2D eigenvalue weighted by molar-refractivity contribution is -0.142. The third-order valence-corrected chi connectivity index (χ3v) is 3.33. The standard InChI is InChI=1S/C18H28O4.2CH4/c1-17(2,3)13-18(4,5)14-6-8-15(9-7-14)22-11-10-21-12-16(19)20;;/h6-9H,10-13H2,1-5H3,(H,19,20);2*1H4. The summed E-state index contributed by atoms with van der Waals surface area (Å²) >= 11 is 0. The van der Waals surface area contributed by atoms with Gasteiger partial charge in [0.15, 0.2) is 0 Å². The van der Waals surface area contributed by atoms with Crippen molar-refractivity contribution in [2.45, 2.75) is 61.3 Å². The van der Waals surface area contributed by atoms with Crippen LogP contribution in [0.4, 0.5) is 0 Å². The first kappa shape index (κ1) is 24.7. The van der Waals surface area contributed by atoms with Crippen LogP contribution < -0.4 is 4.74 Å². The van der Waals surface area contributed by atoms with E-state index >= 15 is 0 Å². The summed E-state index contributed by atoms with van der Waals surface area (Å²) < 4.78 is 10.5. The molecule has 0 aliphatic carbocycles. The number of carboxylic acid groups (broad SMARTS) is 1. The van der Waals surface area contributed by atoms with Crippen molar-refractivity contribution in [1.29, 1.82) is 0 Å². The van der Waals surface area contributed by atoms with Crippen LogP contribution in [0, 0.1) is 5.41 Å². The van der Waals surface area contributed by atoms with Crippen molar-refractivity contribution in [3.05, 3.63) is 29.8 Å². The zero-order chi connectivity index (χ0) is 16.8. The van der Waals surface area contributed by atoms with Crippen LogP contribution in [0.15, 0.2) is 24.3 Å². The molecule has 1 aromatic rings. The number of hydrogen-bond acceptors (Lipinski definition) is 3. The van der Waals surface area contributed by atoms with Crippen molar-refractivity contribution in [2.24, 2.45) is 5.41 Å². The van der Waals surface area contributed by atoms with E-state index in [0.29, 0.717) is 6.61 Å². The van der Waals surface area contributed by atoms with Gasteiger partial charge in [-0.25, -0.2) is 4.79 Å². The smallest absolute Gasteiger partial charge is 0.329 e. The van der Waals surface area contributed by atoms with Gasteiger partial charge in [-0.3, -0.25) is 0 Å². The van der Waals surface area contributed by atoms with E-state index in [0.717, 1.165) is 12.2 Å². The molecule has 4 heteroatoms. The molecule has 0 spiro atoms. The Balaban J connectivity index is 0. The van der Waals surface area contributed by atoms with E-state index in [2.05, 4.69) is 46.8 Å². The van der Waals surface area contributed by atoms with Gasteiger partial charge in [0, 0.05) is 0 Å². The van der Waals surface area contributed by atoms with E-state index in [1.165, 1.54) is 5.56 Å². The Morgan fingerprint density at radius 2 is 1.54 bits per heavy atom. The Morgan fingerprint density at radius 1 is 1.00 bits per heavy atom. The minimum Gasteiger partial charge on any atom is -0.491 e. The van der Waals surface area contributed by atoms with Crippen molar-refractivity contribution in [2.75, 3.05) is 19.8 Å². The van der Waals surface area contributed by atoms with Gasteiger partial charge in [0.1, 0.15) is 19.0 Å². The van der Waals surface area contributed by atoms with E-state index in [1.807, 2.05) is 12.1 Å². The van der Waals surface area contributed by atoms with Crippen molar-refractivity contribution < 1.29 is 19.4 Å². The van der Waals surface area contributed by atoms with Gasteiger partial charge in [0.25, 0.3) is 0 Å². The normalized spacial score (nSPS) is 11.2. The van der Waals surface area contributed by atoms with E-state index in [9.17, 15) is 4.79 Å². The van der Waals surface area contributed by atoms with Crippen LogP contribution >= 0.6 is 0 Å². The highest BCUT2D eigenvalue weighted by molar-refractivity contribution is 5.67. The molecule has 0 heterocycles. The summed E-state index contributed by atoms with van der Waals surface area (Å²) in [6, 6.07) is 8.10. The molecule has 0 atom stereocenters. The van der Waals surface area contributed by atoms with Crippen molar-refractivity contribution in [1.82, 2.24) is 0 Å². The van der Waals surface area contributed by atoms with Gasteiger partial charge in [0.2, 0.25) is 0 Å². The molecule has 0 unspecified atom stereocenters. The van der Waals surface area contributed by atoms with Gasteiger partial charge >= 0.3 is 5.97 Å². The maximum absolute atomic E-state index is 10.3. The topological polar surface area (TPSA) is 55.8 Å². The Hall–Kier alpha value is -1.55. The van der Waals surface area contributed by atoms with Crippen LogP contribution in [-0.2, 0) is 14.9 Å². The number of aliphatic carboxylic acids is 1. The second-order valence-corrected chi connectivity index (χ2v) is 7.44. The first-order valence-corrected chi connectivity index (χ1v) is 7.63. The summed E-state index contributed by atoms with van der Waals surface area (Å²) in [7, 11) is 0. The molecule has 140 valence electrons. The molecule has 0 saturated heterocycles. The average molecular weight is 341 g/mol. The lowest BCUT2D eigenvalue weighted by Crippen LogP contribution is -2.24. The van der Waals surface area contributed by atoms with Gasteiger partial charge in [-0.15, -0.1) is 0 Å². The lowest BCUT2D eigenvalue weighted by Gasteiger charge is -2.33. The summed E-state index contributed by atoms with van der Waals surface area (Å²) in [5.74, 6) is -0.195. The summed E-state index contributed by atoms with van der Waals surface area (Å²) in [4.78, 5) is 10.3. The molecule has 0 aliphatic rings. The van der Waals surface area contributed by atoms with Crippen LogP contribution in [0.5, 0.6) is 5.75 Å². The third kappa shape index (κ3) is 9.56. The van der Waals surface area contributed by atoms with Crippen LogP contribution in [-0.4, -0.2) is 30.9 Å². The van der Waals surface area contributed by atoms with Crippen LogP contribution in [0.3, 0.4) is 0 Å². The molecule has 1 aromatic carbocycles. The van der Waals surface area contributed by atoms with Gasteiger partial charge in [-0.05, 0) is 34.9 Å². The van der Waals surface area contributed by atoms with E-state index in [1.54, 1.807) is 0 Å². The first-order chi connectivity index (χ1) is 10.1. The number of ether oxygens (including phenoxy) is 2. The first-order valence-electron chi connectivity index (χ1n) is 7.63. The Morgan fingerprint density at radius 3 is 2.00 bits per heavy atom. The van der Waals surface area contributed by atoms with Crippen LogP contribution in [0.25, 0.3) is 0 Å². The van der Waals surface area contributed by atoms with Gasteiger partial charge < -0.3 is 14.6 Å². The fourth-order valence-electron chi connectivity index (χ4n) is 2.81. The molecule has 1 rings (SSSR count). The molecule has 1 N–H and O–H groups in total. The van der Waals surface area contributed by atoms with Crippen molar-refractivity contribution in [3.8, 4) is 5.75 Å². The Labute approximate surface area is 148 Å². The third-order valence-electron chi connectivity index (χ3n) is 3.33. The molecule has 0 saturated carbocycles. The molecule has 0 fully saturated rings. The summed E-state index contributed by atoms with van der Waals surface area (Å²) in [5, 5.41) is 8.45. The largest absolute Gasteiger partial charge is 0.491 e. The van der Waals surface area contributed by atoms with Gasteiger partial charge in [-0.2, -0.15) is 0 Å². The highest BCUT2D eigenvalue weighted by Gasteiger charge is 2.27. The minimum atomic E-state index is -0.967. The summed E-state index contributed by atoms with van der Waals surface area (Å²) in [6.07, 6.45) is 1.10. The number of hydrogen-bond donors (Lipinski definition) is 1. The molecule has 0 radical (unpaired) electrons. The predicted octanol–water partition coefficient (Wildman–Crippen LogP) is 5.15. The maximum atomic E-state index is 10.3. The van der Waals surface area contributed by atoms with E-state index < -0.39 is 5.97 Å². The molecule has 0 bridgehead atoms. The molecular formula is C20H36O4. The molecule has 0 amide bonds. The molecule has 0 aliphatic heterocycles. The average Bonchev–Trinajstić information content (AvgIpc) is 2.35. The lowest BCUT2D eigenvalue weighted by atomic mass is 9.72. The molecule has 24 heavy (non-hydrogen) atoms. The number of carboxylic acids is 1. The number of carbonyl (C=O) groups is 1. The van der Waals surface area contributed by atoms with Crippen LogP contribution in [0.1, 0.15) is 61.5 Å². The highest BCUT2D eigenvalue weighted by atomic mass is 16.5. The fourth-order valence-corrected chi connectivity index (χ4v) is 2.81. The second kappa shape index (κ2) is 10.3. The molecule has 0 aromatic heterocycles. The molecular weight excluding hydrogens is 304 g/mol. The Bertz CT molecular complexity index is 469. The zero-order valence-electron chi connectivity index (χ0n) is 14.3. The second-order valence-electron chi connectivity index (χ2n) is 7.44. The van der Waals surface area contributed by atoms with E-state index in [-0.39, 0.29) is 38.9 Å². The van der Waals surface area contributed by atoms with E-state index in [4.69, 9.17) is 14.6 Å². The summed E-state index contributed by atoms with van der Waals surface area (Å²) in [5.41, 5.74) is 1.68. The highest BCUT2D eigenvalue weighted by Crippen LogP contribution is 2.36. The maximum Gasteiger partial charge on any atom is 0.329 e. The zero-order valence-corrected chi connectivity index (χ0v) is 14.3. The number of rotatable bonds is 8. The summed E-state index contributed by atoms with van der Waals surface area (Å²) in [6.45, 7) is 11.6. The fraction of sp³-hybridized carbons (Fsp3) is 0.650. The quantitative estimate of drug-likeness (QED) is 0.665. The van der Waals surface area contributed by atoms with Gasteiger partial charge in [0.05, 0.1) is 6.61 Å². The predicted molar refractivity (Wildman–Crippen MR) is 101 cm³/mol.